The Labute approximate surface area is 141 Å². The lowest BCUT2D eigenvalue weighted by atomic mass is 10.2. The van der Waals surface area contributed by atoms with Crippen molar-refractivity contribution in [2.24, 2.45) is 0 Å². The number of nitrogens with zero attached hydrogens (tertiary/aromatic N) is 1. The van der Waals surface area contributed by atoms with Crippen molar-refractivity contribution in [3.63, 3.8) is 0 Å². The number of amides is 2. The van der Waals surface area contributed by atoms with Crippen LogP contribution in [0.15, 0.2) is 18.3 Å². The first-order chi connectivity index (χ1) is 11.2. The van der Waals surface area contributed by atoms with E-state index < -0.39 is 17.7 Å². The molecule has 2 N–H and O–H groups in total. The zero-order chi connectivity index (χ0) is 17.9. The van der Waals surface area contributed by atoms with Crippen molar-refractivity contribution < 1.29 is 19.1 Å². The molecule has 0 aliphatic heterocycles. The van der Waals surface area contributed by atoms with Gasteiger partial charge in [0.2, 0.25) is 5.91 Å². The molecule has 0 saturated heterocycles. The van der Waals surface area contributed by atoms with Gasteiger partial charge in [0, 0.05) is 12.2 Å². The lowest BCUT2D eigenvalue weighted by Gasteiger charge is -2.26. The number of aromatic amines is 1. The maximum Gasteiger partial charge on any atom is 0.408 e. The van der Waals surface area contributed by atoms with E-state index in [1.54, 1.807) is 50.9 Å². The van der Waals surface area contributed by atoms with Crippen molar-refractivity contribution in [2.75, 3.05) is 6.54 Å². The van der Waals surface area contributed by atoms with Gasteiger partial charge in [0.25, 0.3) is 0 Å². The molecule has 132 valence electrons. The van der Waals surface area contributed by atoms with Crippen molar-refractivity contribution in [3.05, 3.63) is 24.0 Å². The Kier molecular flexibility index (Phi) is 5.31. The van der Waals surface area contributed by atoms with E-state index in [1.165, 1.54) is 0 Å². The van der Waals surface area contributed by atoms with Crippen LogP contribution in [0.3, 0.4) is 0 Å². The van der Waals surface area contributed by atoms with Crippen molar-refractivity contribution in [1.82, 2.24) is 15.2 Å². The van der Waals surface area contributed by atoms with E-state index in [4.69, 9.17) is 4.74 Å². The number of hydrogen-bond acceptors (Lipinski definition) is 4. The largest absolute Gasteiger partial charge is 0.444 e. The fourth-order valence-corrected chi connectivity index (χ4v) is 2.31. The summed E-state index contributed by atoms with van der Waals surface area (Å²) in [5.74, 6) is -0.423. The average molecular weight is 335 g/mol. The SMILES string of the molecule is C[C@H](NC(=O)OC(C)(C)C)C(=O)N(CC(=O)c1ccc[nH]1)C1CC1. The molecule has 7 heteroatoms. The Balaban J connectivity index is 1.96. The molecular weight excluding hydrogens is 310 g/mol. The van der Waals surface area contributed by atoms with Gasteiger partial charge in [-0.05, 0) is 52.7 Å². The first kappa shape index (κ1) is 18.0. The standard InChI is InChI=1S/C17H25N3O4/c1-11(19-16(23)24-17(2,3)4)15(22)20(12-7-8-12)10-14(21)13-6-5-9-18-13/h5-6,9,11-12,18H,7-8,10H2,1-4H3,(H,19,23)/t11-/m0/s1. The van der Waals surface area contributed by atoms with Crippen molar-refractivity contribution in [3.8, 4) is 0 Å². The average Bonchev–Trinajstić information content (AvgIpc) is 3.14. The maximum absolute atomic E-state index is 12.6. The molecule has 1 saturated carbocycles. The number of carbonyl (C=O) groups is 3. The van der Waals surface area contributed by atoms with Crippen LogP contribution in [0.2, 0.25) is 0 Å². The number of H-pyrrole nitrogens is 1. The third-order valence-corrected chi connectivity index (χ3v) is 3.59. The molecule has 0 bridgehead atoms. The fourth-order valence-electron chi connectivity index (χ4n) is 2.31. The third kappa shape index (κ3) is 5.11. The van der Waals surface area contributed by atoms with Gasteiger partial charge >= 0.3 is 6.09 Å². The maximum atomic E-state index is 12.6. The number of aromatic nitrogens is 1. The number of hydrogen-bond donors (Lipinski definition) is 2. The predicted octanol–water partition coefficient (Wildman–Crippen LogP) is 2.10. The van der Waals surface area contributed by atoms with E-state index in [9.17, 15) is 14.4 Å². The molecule has 1 aromatic rings. The summed E-state index contributed by atoms with van der Waals surface area (Å²) in [6.45, 7) is 6.87. The number of alkyl carbamates (subject to hydrolysis) is 1. The van der Waals surface area contributed by atoms with E-state index >= 15 is 0 Å². The van der Waals surface area contributed by atoms with Crippen LogP contribution < -0.4 is 5.32 Å². The van der Waals surface area contributed by atoms with Crippen LogP contribution in [0.5, 0.6) is 0 Å². The second-order valence-corrected chi connectivity index (χ2v) is 7.07. The summed E-state index contributed by atoms with van der Waals surface area (Å²) in [5.41, 5.74) is -0.159. The minimum atomic E-state index is -0.753. The molecule has 24 heavy (non-hydrogen) atoms. The highest BCUT2D eigenvalue weighted by molar-refractivity contribution is 5.98. The van der Waals surface area contributed by atoms with E-state index in [1.807, 2.05) is 0 Å². The van der Waals surface area contributed by atoms with Crippen LogP contribution in [0.25, 0.3) is 0 Å². The van der Waals surface area contributed by atoms with E-state index in [0.29, 0.717) is 5.69 Å². The van der Waals surface area contributed by atoms with Gasteiger partial charge in [-0.25, -0.2) is 4.79 Å². The molecular formula is C17H25N3O4. The van der Waals surface area contributed by atoms with Crippen LogP contribution in [0, 0.1) is 0 Å². The van der Waals surface area contributed by atoms with E-state index in [0.717, 1.165) is 12.8 Å². The van der Waals surface area contributed by atoms with Crippen LogP contribution in [-0.2, 0) is 9.53 Å². The Morgan fingerprint density at radius 1 is 1.38 bits per heavy atom. The first-order valence-electron chi connectivity index (χ1n) is 8.14. The number of nitrogens with one attached hydrogen (secondary N) is 2. The zero-order valence-electron chi connectivity index (χ0n) is 14.6. The summed E-state index contributed by atoms with van der Waals surface area (Å²) >= 11 is 0. The van der Waals surface area contributed by atoms with Gasteiger partial charge in [-0.15, -0.1) is 0 Å². The van der Waals surface area contributed by atoms with Crippen molar-refractivity contribution >= 4 is 17.8 Å². The summed E-state index contributed by atoms with van der Waals surface area (Å²) in [4.78, 5) is 41.1. The summed E-state index contributed by atoms with van der Waals surface area (Å²) in [7, 11) is 0. The van der Waals surface area contributed by atoms with E-state index in [2.05, 4.69) is 10.3 Å². The molecule has 7 nitrogen and oxygen atoms in total. The normalized spacial score (nSPS) is 15.5. The number of Topliss-reactive ketones (excluding diaryl/α,β-unsaturated/α-hetero) is 1. The molecule has 2 amide bonds. The number of carbonyl (C=O) groups excluding carboxylic acids is 3. The first-order valence-corrected chi connectivity index (χ1v) is 8.14. The van der Waals surface area contributed by atoms with Gasteiger partial charge in [-0.2, -0.15) is 0 Å². The van der Waals surface area contributed by atoms with Gasteiger partial charge in [0.1, 0.15) is 11.6 Å². The van der Waals surface area contributed by atoms with Gasteiger partial charge in [0.05, 0.1) is 12.2 Å². The molecule has 0 unspecified atom stereocenters. The summed E-state index contributed by atoms with van der Waals surface area (Å²) in [5, 5.41) is 2.54. The molecule has 2 rings (SSSR count). The van der Waals surface area contributed by atoms with Gasteiger partial charge in [-0.3, -0.25) is 9.59 Å². The van der Waals surface area contributed by atoms with Crippen LogP contribution in [-0.4, -0.2) is 51.9 Å². The third-order valence-electron chi connectivity index (χ3n) is 3.59. The Bertz CT molecular complexity index is 600. The molecule has 0 radical (unpaired) electrons. The highest BCUT2D eigenvalue weighted by Crippen LogP contribution is 2.27. The minimum absolute atomic E-state index is 0.00432. The molecule has 1 atom stereocenters. The lowest BCUT2D eigenvalue weighted by Crippen LogP contribution is -2.50. The summed E-state index contributed by atoms with van der Waals surface area (Å²) < 4.78 is 5.16. The van der Waals surface area contributed by atoms with Crippen LogP contribution in [0.1, 0.15) is 51.0 Å². The topological polar surface area (TPSA) is 91.5 Å². The molecule has 1 aliphatic carbocycles. The van der Waals surface area contributed by atoms with Crippen LogP contribution >= 0.6 is 0 Å². The second-order valence-electron chi connectivity index (χ2n) is 7.07. The number of rotatable bonds is 6. The highest BCUT2D eigenvalue weighted by Gasteiger charge is 2.36. The fraction of sp³-hybridized carbons (Fsp3) is 0.588. The van der Waals surface area contributed by atoms with Gasteiger partial charge in [-0.1, -0.05) is 0 Å². The van der Waals surface area contributed by atoms with E-state index in [-0.39, 0.29) is 24.3 Å². The molecule has 0 spiro atoms. The highest BCUT2D eigenvalue weighted by atomic mass is 16.6. The number of ketones is 1. The molecule has 1 heterocycles. The number of ether oxygens (including phenoxy) is 1. The van der Waals surface area contributed by atoms with Gasteiger partial charge in [0.15, 0.2) is 5.78 Å². The predicted molar refractivity (Wildman–Crippen MR) is 88.7 cm³/mol. The Morgan fingerprint density at radius 3 is 2.54 bits per heavy atom. The van der Waals surface area contributed by atoms with Crippen LogP contribution in [0.4, 0.5) is 4.79 Å². The Hall–Kier alpha value is -2.31. The molecule has 0 aromatic carbocycles. The Morgan fingerprint density at radius 2 is 2.04 bits per heavy atom. The molecule has 1 aliphatic rings. The second kappa shape index (κ2) is 7.07. The van der Waals surface area contributed by atoms with Gasteiger partial charge < -0.3 is 19.9 Å². The monoisotopic (exact) mass is 335 g/mol. The lowest BCUT2D eigenvalue weighted by molar-refractivity contribution is -0.133. The van der Waals surface area contributed by atoms with Crippen molar-refractivity contribution in [1.29, 1.82) is 0 Å². The van der Waals surface area contributed by atoms with Crippen molar-refractivity contribution in [2.45, 2.75) is 58.2 Å². The minimum Gasteiger partial charge on any atom is -0.444 e. The molecule has 1 fully saturated rings. The zero-order valence-corrected chi connectivity index (χ0v) is 14.6. The molecule has 1 aromatic heterocycles. The summed E-state index contributed by atoms with van der Waals surface area (Å²) in [6.07, 6.45) is 2.78. The smallest absolute Gasteiger partial charge is 0.408 e. The quantitative estimate of drug-likeness (QED) is 0.779. The summed E-state index contributed by atoms with van der Waals surface area (Å²) in [6, 6.07) is 2.74.